The molecule has 5 heteroatoms. The smallest absolute Gasteiger partial charge is 0.148 e. The fourth-order valence-electron chi connectivity index (χ4n) is 0.821. The molecule has 0 aromatic carbocycles. The van der Waals surface area contributed by atoms with Gasteiger partial charge in [0.05, 0.1) is 0 Å². The minimum atomic E-state index is -2.09. The third-order valence-electron chi connectivity index (χ3n) is 1.38. The van der Waals surface area contributed by atoms with Crippen molar-refractivity contribution in [2.24, 2.45) is 0 Å². The van der Waals surface area contributed by atoms with E-state index in [4.69, 9.17) is 0 Å². The number of rotatable bonds is 1. The predicted molar refractivity (Wildman–Crippen MR) is 52.8 cm³/mol. The van der Waals surface area contributed by atoms with Gasteiger partial charge in [-0.2, -0.15) is 0 Å². The first-order valence-corrected chi connectivity index (χ1v) is 8.12. The quantitative estimate of drug-likeness (QED) is 0.624. The van der Waals surface area contributed by atoms with Crippen LogP contribution in [0.15, 0.2) is 0 Å². The first-order valence-electron chi connectivity index (χ1n) is 3.46. The number of hydrogen-bond donors (Lipinski definition) is 0. The summed E-state index contributed by atoms with van der Waals surface area (Å²) in [5, 5.41) is 0. The second kappa shape index (κ2) is 3.71. The summed E-state index contributed by atoms with van der Waals surface area (Å²) in [6.45, 7) is 3.46. The minimum Gasteiger partial charge on any atom is -0.322 e. The first-order chi connectivity index (χ1) is 5.00. The van der Waals surface area contributed by atoms with Crippen molar-refractivity contribution in [1.29, 1.82) is 0 Å². The van der Waals surface area contributed by atoms with Crippen molar-refractivity contribution in [2.45, 2.75) is 16.2 Å². The highest BCUT2D eigenvalue weighted by Gasteiger charge is 2.31. The third-order valence-corrected chi connectivity index (χ3v) is 8.51. The molecule has 0 N–H and O–H groups in total. The second-order valence-corrected chi connectivity index (χ2v) is 9.80. The maximum atomic E-state index is 12.8. The van der Waals surface area contributed by atoms with Gasteiger partial charge >= 0.3 is 0 Å². The zero-order chi connectivity index (χ0) is 8.48. The van der Waals surface area contributed by atoms with Crippen LogP contribution in [0.3, 0.4) is 0 Å². The molecule has 0 aromatic rings. The lowest BCUT2D eigenvalue weighted by Gasteiger charge is -2.26. The highest BCUT2D eigenvalue weighted by Crippen LogP contribution is 2.57. The van der Waals surface area contributed by atoms with Crippen LogP contribution in [0.2, 0.25) is 0 Å². The Morgan fingerprint density at radius 2 is 2.18 bits per heavy atom. The van der Waals surface area contributed by atoms with Crippen LogP contribution in [0.1, 0.15) is 6.42 Å². The predicted octanol–water partition coefficient (Wildman–Crippen LogP) is 3.06. The molecule has 1 heterocycles. The van der Waals surface area contributed by atoms with Crippen LogP contribution in [-0.2, 0) is 4.57 Å². The molecule has 11 heavy (non-hydrogen) atoms. The summed E-state index contributed by atoms with van der Waals surface area (Å²) in [6.07, 6.45) is 0.603. The van der Waals surface area contributed by atoms with Gasteiger partial charge in [-0.3, -0.25) is 0 Å². The lowest BCUT2D eigenvalue weighted by molar-refractivity contribution is 0.444. The molecule has 1 saturated heterocycles. The van der Waals surface area contributed by atoms with E-state index in [9.17, 15) is 8.96 Å². The van der Waals surface area contributed by atoms with E-state index in [2.05, 4.69) is 0 Å². The third kappa shape index (κ3) is 3.00. The van der Waals surface area contributed by atoms with Gasteiger partial charge in [0, 0.05) is 0 Å². The standard InChI is InChI=1S/C6H12FOPS2/c1-9(2,8)6-10-4-3-5(7)11-6/h5-6H,3-4H2,1-2H3/t5-,6-/m0/s1. The van der Waals surface area contributed by atoms with E-state index < -0.39 is 12.6 Å². The first kappa shape index (κ1) is 9.94. The summed E-state index contributed by atoms with van der Waals surface area (Å²) in [5.74, 6) is 0.810. The fourth-order valence-corrected chi connectivity index (χ4v) is 6.31. The van der Waals surface area contributed by atoms with Crippen LogP contribution in [0.25, 0.3) is 0 Å². The van der Waals surface area contributed by atoms with E-state index >= 15 is 0 Å². The lowest BCUT2D eigenvalue weighted by Crippen LogP contribution is -2.12. The summed E-state index contributed by atoms with van der Waals surface area (Å²) in [6, 6.07) is 0. The molecule has 1 aliphatic heterocycles. The molecule has 0 radical (unpaired) electrons. The molecule has 0 aromatic heterocycles. The van der Waals surface area contributed by atoms with Gasteiger partial charge in [-0.15, -0.1) is 23.5 Å². The molecule has 1 rings (SSSR count). The highest BCUT2D eigenvalue weighted by molar-refractivity contribution is 8.25. The van der Waals surface area contributed by atoms with Crippen molar-refractivity contribution in [3.05, 3.63) is 0 Å². The number of hydrogen-bond acceptors (Lipinski definition) is 3. The van der Waals surface area contributed by atoms with Crippen molar-refractivity contribution in [2.75, 3.05) is 19.1 Å². The van der Waals surface area contributed by atoms with Gasteiger partial charge < -0.3 is 4.57 Å². The summed E-state index contributed by atoms with van der Waals surface area (Å²) in [7, 11) is -2.09. The molecular weight excluding hydrogens is 202 g/mol. The van der Waals surface area contributed by atoms with Gasteiger partial charge in [-0.25, -0.2) is 4.39 Å². The van der Waals surface area contributed by atoms with Crippen LogP contribution in [-0.4, -0.2) is 28.9 Å². The Labute approximate surface area is 75.3 Å². The molecule has 0 aliphatic carbocycles. The van der Waals surface area contributed by atoms with Crippen molar-refractivity contribution in [3.63, 3.8) is 0 Å². The monoisotopic (exact) mass is 214 g/mol. The molecule has 1 aliphatic rings. The van der Waals surface area contributed by atoms with Gasteiger partial charge in [0.2, 0.25) is 0 Å². The number of thioether (sulfide) groups is 2. The summed E-state index contributed by atoms with van der Waals surface area (Å²) in [4.78, 5) is 0. The van der Waals surface area contributed by atoms with Gasteiger partial charge in [0.15, 0.2) is 0 Å². The molecule has 0 saturated carbocycles. The Morgan fingerprint density at radius 3 is 2.55 bits per heavy atom. The number of halogens is 1. The van der Waals surface area contributed by atoms with Gasteiger partial charge in [0.1, 0.15) is 17.0 Å². The Hall–Kier alpha value is 0.860. The fraction of sp³-hybridized carbons (Fsp3) is 1.00. The molecule has 1 nitrogen and oxygen atoms in total. The van der Waals surface area contributed by atoms with E-state index in [1.807, 2.05) is 0 Å². The highest BCUT2D eigenvalue weighted by atomic mass is 32.2. The molecular formula is C6H12FOPS2. The lowest BCUT2D eigenvalue weighted by atomic mass is 10.5. The van der Waals surface area contributed by atoms with E-state index in [0.717, 1.165) is 5.75 Å². The summed E-state index contributed by atoms with van der Waals surface area (Å²) >= 11 is 2.86. The van der Waals surface area contributed by atoms with Gasteiger partial charge in [0.25, 0.3) is 0 Å². The largest absolute Gasteiger partial charge is 0.322 e. The molecule has 0 bridgehead atoms. The zero-order valence-electron chi connectivity index (χ0n) is 6.62. The maximum absolute atomic E-state index is 12.8. The zero-order valence-corrected chi connectivity index (χ0v) is 9.15. The molecule has 0 spiro atoms. The average Bonchev–Trinajstić information content (AvgIpc) is 1.86. The van der Waals surface area contributed by atoms with Crippen LogP contribution < -0.4 is 0 Å². The van der Waals surface area contributed by atoms with E-state index in [0.29, 0.717) is 6.42 Å². The van der Waals surface area contributed by atoms with Crippen molar-refractivity contribution in [1.82, 2.24) is 0 Å². The molecule has 0 amide bonds. The molecule has 2 atom stereocenters. The van der Waals surface area contributed by atoms with Crippen LogP contribution in [0.5, 0.6) is 0 Å². The molecule has 66 valence electrons. The Morgan fingerprint density at radius 1 is 1.55 bits per heavy atom. The van der Waals surface area contributed by atoms with E-state index in [-0.39, 0.29) is 4.32 Å². The average molecular weight is 214 g/mol. The molecule has 0 unspecified atom stereocenters. The van der Waals surface area contributed by atoms with E-state index in [1.165, 1.54) is 11.8 Å². The second-order valence-electron chi connectivity index (χ2n) is 2.95. The summed E-state index contributed by atoms with van der Waals surface area (Å²) in [5.41, 5.74) is -0.797. The molecule has 1 fully saturated rings. The maximum Gasteiger partial charge on any atom is 0.148 e. The van der Waals surface area contributed by atoms with Crippen molar-refractivity contribution in [3.8, 4) is 0 Å². The van der Waals surface area contributed by atoms with Crippen LogP contribution in [0, 0.1) is 0 Å². The summed E-state index contributed by atoms with van der Waals surface area (Å²) < 4.78 is 24.3. The van der Waals surface area contributed by atoms with Crippen molar-refractivity contribution >= 4 is 30.7 Å². The Kier molecular flexibility index (Phi) is 3.36. The SMILES string of the molecule is CP(C)(=O)[C@H]1SCC[C@@H](F)S1. The minimum absolute atomic E-state index is 0.00810. The Bertz CT molecular complexity index is 181. The number of alkyl halides is 1. The normalized spacial score (nSPS) is 33.7. The topological polar surface area (TPSA) is 17.1 Å². The Balaban J connectivity index is 2.53. The van der Waals surface area contributed by atoms with Crippen LogP contribution >= 0.6 is 30.7 Å². The van der Waals surface area contributed by atoms with Crippen molar-refractivity contribution < 1.29 is 8.96 Å². The van der Waals surface area contributed by atoms with E-state index in [1.54, 1.807) is 25.1 Å². The van der Waals surface area contributed by atoms with Gasteiger partial charge in [-0.05, 0) is 25.5 Å². The van der Waals surface area contributed by atoms with Crippen LogP contribution in [0.4, 0.5) is 4.39 Å². The van der Waals surface area contributed by atoms with Gasteiger partial charge in [-0.1, -0.05) is 0 Å².